The fourth-order valence-corrected chi connectivity index (χ4v) is 3.37. The van der Waals surface area contributed by atoms with Gasteiger partial charge in [-0.1, -0.05) is 35.4 Å². The molecule has 0 fully saturated rings. The van der Waals surface area contributed by atoms with Crippen molar-refractivity contribution in [1.29, 1.82) is 0 Å². The molecular weight excluding hydrogens is 304 g/mol. The predicted molar refractivity (Wildman–Crippen MR) is 97.6 cm³/mol. The average molecular weight is 330 g/mol. The molecule has 2 atom stereocenters. The minimum atomic E-state index is -1.13. The van der Waals surface area contributed by atoms with Crippen LogP contribution in [-0.2, 0) is 17.4 Å². The van der Waals surface area contributed by atoms with Crippen LogP contribution in [0, 0.1) is 13.8 Å². The van der Waals surface area contributed by atoms with Crippen molar-refractivity contribution in [3.05, 3.63) is 65.0 Å². The fourth-order valence-electron chi connectivity index (χ4n) is 2.54. The normalized spacial score (nSPS) is 14.5. The van der Waals surface area contributed by atoms with Crippen LogP contribution in [0.4, 0.5) is 0 Å². The lowest BCUT2D eigenvalue weighted by Crippen LogP contribution is -2.36. The van der Waals surface area contributed by atoms with Crippen molar-refractivity contribution in [2.45, 2.75) is 51.8 Å². The third-order valence-electron chi connectivity index (χ3n) is 3.61. The van der Waals surface area contributed by atoms with Crippen LogP contribution in [0.3, 0.4) is 0 Å². The summed E-state index contributed by atoms with van der Waals surface area (Å²) in [6.07, 6.45) is 4.40. The molecule has 4 heteroatoms. The number of aromatic nitrogens is 1. The van der Waals surface area contributed by atoms with Gasteiger partial charge in [0.25, 0.3) is 0 Å². The number of hydrogen-bond donors (Lipinski definition) is 1. The summed E-state index contributed by atoms with van der Waals surface area (Å²) in [5, 5.41) is 0. The lowest BCUT2D eigenvalue weighted by molar-refractivity contribution is 0.595. The second kappa shape index (κ2) is 7.37. The molecule has 1 heterocycles. The topological polar surface area (TPSA) is 42.0 Å². The molecule has 1 N–H and O–H groups in total. The van der Waals surface area contributed by atoms with Crippen LogP contribution in [0.2, 0.25) is 0 Å². The van der Waals surface area contributed by atoms with Gasteiger partial charge in [-0.05, 0) is 58.2 Å². The quantitative estimate of drug-likeness (QED) is 0.899. The molecule has 3 nitrogen and oxygen atoms in total. The summed E-state index contributed by atoms with van der Waals surface area (Å²) in [6, 6.07) is 10.5. The van der Waals surface area contributed by atoms with Crippen molar-refractivity contribution in [2.75, 3.05) is 0 Å². The van der Waals surface area contributed by atoms with Crippen molar-refractivity contribution in [3.8, 4) is 0 Å². The molecule has 0 bridgehead atoms. The molecule has 2 rings (SSSR count). The van der Waals surface area contributed by atoms with Gasteiger partial charge in [-0.2, -0.15) is 0 Å². The molecule has 1 unspecified atom stereocenters. The van der Waals surface area contributed by atoms with E-state index in [4.69, 9.17) is 0 Å². The smallest absolute Gasteiger partial charge is 0.0976 e. The number of rotatable bonds is 5. The molecule has 0 spiro atoms. The molecular formula is C19H26N2OS. The number of aryl methyl sites for hydroxylation is 2. The number of hydrogen-bond acceptors (Lipinski definition) is 2. The molecule has 2 aromatic rings. The fraction of sp³-hybridized carbons (Fsp3) is 0.421. The van der Waals surface area contributed by atoms with Crippen LogP contribution >= 0.6 is 0 Å². The van der Waals surface area contributed by atoms with Crippen LogP contribution in [0.5, 0.6) is 0 Å². The van der Waals surface area contributed by atoms with Gasteiger partial charge in [0.15, 0.2) is 0 Å². The van der Waals surface area contributed by atoms with Gasteiger partial charge in [0.2, 0.25) is 0 Å². The minimum absolute atomic E-state index is 0.0232. The summed E-state index contributed by atoms with van der Waals surface area (Å²) in [5.41, 5.74) is 4.81. The van der Waals surface area contributed by atoms with E-state index in [1.807, 2.05) is 39.1 Å². The molecule has 0 amide bonds. The highest BCUT2D eigenvalue weighted by molar-refractivity contribution is 7.84. The third kappa shape index (κ3) is 5.26. The Morgan fingerprint density at radius 1 is 1.17 bits per heavy atom. The van der Waals surface area contributed by atoms with E-state index >= 15 is 0 Å². The highest BCUT2D eigenvalue weighted by Gasteiger charge is 2.24. The summed E-state index contributed by atoms with van der Waals surface area (Å²) >= 11 is 0. The van der Waals surface area contributed by atoms with Gasteiger partial charge in [-0.15, -0.1) is 0 Å². The van der Waals surface area contributed by atoms with Crippen molar-refractivity contribution in [2.24, 2.45) is 0 Å². The van der Waals surface area contributed by atoms with Crippen LogP contribution in [0.1, 0.15) is 49.1 Å². The highest BCUT2D eigenvalue weighted by Crippen LogP contribution is 2.22. The van der Waals surface area contributed by atoms with E-state index in [0.717, 1.165) is 12.0 Å². The van der Waals surface area contributed by atoms with Crippen molar-refractivity contribution in [3.63, 3.8) is 0 Å². The average Bonchev–Trinajstić information content (AvgIpc) is 2.45. The molecule has 0 saturated heterocycles. The molecule has 124 valence electrons. The zero-order valence-electron chi connectivity index (χ0n) is 14.6. The van der Waals surface area contributed by atoms with Crippen molar-refractivity contribution < 1.29 is 4.21 Å². The van der Waals surface area contributed by atoms with Gasteiger partial charge in [0, 0.05) is 18.4 Å². The van der Waals surface area contributed by atoms with E-state index in [1.54, 1.807) is 6.20 Å². The Morgan fingerprint density at radius 2 is 1.83 bits per heavy atom. The van der Waals surface area contributed by atoms with E-state index in [0.29, 0.717) is 0 Å². The number of benzene rings is 1. The van der Waals surface area contributed by atoms with Gasteiger partial charge in [0.05, 0.1) is 15.7 Å². The summed E-state index contributed by atoms with van der Waals surface area (Å²) in [7, 11) is -1.13. The molecule has 0 aliphatic heterocycles. The molecule has 0 saturated carbocycles. The van der Waals surface area contributed by atoms with E-state index < -0.39 is 11.0 Å². The minimum Gasteiger partial charge on any atom is -0.264 e. The molecule has 1 aromatic carbocycles. The highest BCUT2D eigenvalue weighted by atomic mass is 32.2. The van der Waals surface area contributed by atoms with Gasteiger partial charge >= 0.3 is 0 Å². The van der Waals surface area contributed by atoms with E-state index in [1.165, 1.54) is 16.7 Å². The maximum atomic E-state index is 12.6. The Morgan fingerprint density at radius 3 is 2.35 bits per heavy atom. The van der Waals surface area contributed by atoms with Crippen LogP contribution < -0.4 is 4.72 Å². The summed E-state index contributed by atoms with van der Waals surface area (Å²) < 4.78 is 15.5. The van der Waals surface area contributed by atoms with Crippen LogP contribution in [0.25, 0.3) is 0 Å². The number of nitrogens with zero attached hydrogens (tertiary/aromatic N) is 1. The molecule has 0 aliphatic rings. The standard InChI is InChI=1S/C19H26N2OS/c1-14-9-15(2)11-16(10-14)12-18(17-7-6-8-20-13-17)21-23(22)19(3,4)5/h6-11,13,18,21H,12H2,1-5H3/t18?,23-/m0/s1. The van der Waals surface area contributed by atoms with Crippen LogP contribution in [0.15, 0.2) is 42.7 Å². The summed E-state index contributed by atoms with van der Waals surface area (Å²) in [4.78, 5) is 4.21. The first-order chi connectivity index (χ1) is 10.8. The summed E-state index contributed by atoms with van der Waals surface area (Å²) in [6.45, 7) is 10.2. The Bertz CT molecular complexity index is 657. The van der Waals surface area contributed by atoms with Gasteiger partial charge in [-0.3, -0.25) is 4.98 Å². The first kappa shape index (κ1) is 17.8. The summed E-state index contributed by atoms with van der Waals surface area (Å²) in [5.74, 6) is 0. The lowest BCUT2D eigenvalue weighted by atomic mass is 9.98. The maximum absolute atomic E-state index is 12.6. The monoisotopic (exact) mass is 330 g/mol. The van der Waals surface area contributed by atoms with Crippen LogP contribution in [-0.4, -0.2) is 13.9 Å². The van der Waals surface area contributed by atoms with Gasteiger partial charge in [0.1, 0.15) is 0 Å². The van der Waals surface area contributed by atoms with E-state index in [2.05, 4.69) is 41.8 Å². The van der Waals surface area contributed by atoms with E-state index in [9.17, 15) is 4.21 Å². The van der Waals surface area contributed by atoms with Gasteiger partial charge in [-0.25, -0.2) is 8.93 Å². The van der Waals surface area contributed by atoms with E-state index in [-0.39, 0.29) is 10.8 Å². The molecule has 1 aromatic heterocycles. The maximum Gasteiger partial charge on any atom is 0.0976 e. The molecule has 23 heavy (non-hydrogen) atoms. The second-order valence-electron chi connectivity index (χ2n) is 7.04. The zero-order valence-corrected chi connectivity index (χ0v) is 15.4. The third-order valence-corrected chi connectivity index (χ3v) is 5.22. The predicted octanol–water partition coefficient (Wildman–Crippen LogP) is 4.03. The first-order valence-corrected chi connectivity index (χ1v) is 9.06. The Hall–Kier alpha value is -1.52. The van der Waals surface area contributed by atoms with Gasteiger partial charge < -0.3 is 0 Å². The number of nitrogens with one attached hydrogen (secondary N) is 1. The Balaban J connectivity index is 2.28. The molecule has 0 radical (unpaired) electrons. The van der Waals surface area contributed by atoms with Crippen molar-refractivity contribution in [1.82, 2.24) is 9.71 Å². The lowest BCUT2D eigenvalue weighted by Gasteiger charge is -2.24. The van der Waals surface area contributed by atoms with Crippen molar-refractivity contribution >= 4 is 11.0 Å². The first-order valence-electron chi connectivity index (χ1n) is 7.91. The Kier molecular flexibility index (Phi) is 5.71. The zero-order chi connectivity index (χ0) is 17.0. The number of pyridine rings is 1. The molecule has 0 aliphatic carbocycles. The SMILES string of the molecule is Cc1cc(C)cc(CC(N[S@@](=O)C(C)(C)C)c2cccnc2)c1. The second-order valence-corrected chi connectivity index (χ2v) is 9.04. The largest absolute Gasteiger partial charge is 0.264 e. The Labute approximate surface area is 142 Å².